The van der Waals surface area contributed by atoms with E-state index in [1.54, 1.807) is 23.4 Å². The number of rotatable bonds is 8. The fourth-order valence-electron chi connectivity index (χ4n) is 3.79. The zero-order valence-electron chi connectivity index (χ0n) is 19.6. The number of benzene rings is 1. The molecule has 0 radical (unpaired) electrons. The van der Waals surface area contributed by atoms with Crippen molar-refractivity contribution in [2.45, 2.75) is 51.2 Å². The second-order valence-electron chi connectivity index (χ2n) is 8.62. The summed E-state index contributed by atoms with van der Waals surface area (Å²) in [7, 11) is -1.96. The molecule has 1 aromatic heterocycles. The number of esters is 1. The molecular weight excluding hydrogens is 444 g/mol. The molecule has 3 rings (SSSR count). The summed E-state index contributed by atoms with van der Waals surface area (Å²) in [6, 6.07) is 9.60. The molecule has 0 N–H and O–H groups in total. The van der Waals surface area contributed by atoms with E-state index in [1.807, 2.05) is 44.2 Å². The molecule has 1 amide bonds. The monoisotopic (exact) mass is 476 g/mol. The topological polar surface area (TPSA) is 102 Å². The average Bonchev–Trinajstić information content (AvgIpc) is 3.15. The lowest BCUT2D eigenvalue weighted by Crippen LogP contribution is -2.42. The minimum atomic E-state index is -3.70. The van der Waals surface area contributed by atoms with Gasteiger partial charge in [0.1, 0.15) is 5.82 Å². The maximum Gasteiger partial charge on any atom is 0.309 e. The van der Waals surface area contributed by atoms with Gasteiger partial charge in [0.25, 0.3) is 15.9 Å². The third kappa shape index (κ3) is 6.00. The van der Waals surface area contributed by atoms with Crippen LogP contribution in [0.5, 0.6) is 0 Å². The van der Waals surface area contributed by atoms with E-state index < -0.39 is 21.9 Å². The van der Waals surface area contributed by atoms with Gasteiger partial charge in [-0.15, -0.1) is 0 Å². The van der Waals surface area contributed by atoms with Crippen LogP contribution >= 0.6 is 0 Å². The second kappa shape index (κ2) is 10.5. The van der Waals surface area contributed by atoms with Crippen molar-refractivity contribution < 1.29 is 22.7 Å². The van der Waals surface area contributed by atoms with E-state index in [1.165, 1.54) is 10.5 Å². The van der Waals surface area contributed by atoms with Crippen molar-refractivity contribution in [3.63, 3.8) is 0 Å². The fourth-order valence-corrected chi connectivity index (χ4v) is 5.28. The van der Waals surface area contributed by atoms with Crippen molar-refractivity contribution in [2.75, 3.05) is 19.7 Å². The Hall–Kier alpha value is -2.72. The summed E-state index contributed by atoms with van der Waals surface area (Å²) in [4.78, 5) is 31.0. The molecule has 0 atom stereocenters. The number of carbonyl (C=O) groups is 2. The predicted octanol–water partition coefficient (Wildman–Crippen LogP) is 2.11. The SMILES string of the molecule is Cc1nc(S(=O)(=O)N2CCC(C(=O)OCC(=O)N(Cc3ccccc3)C(C)C)CC2)cn1C. The number of aromatic nitrogens is 2. The van der Waals surface area contributed by atoms with Gasteiger partial charge in [0.15, 0.2) is 11.6 Å². The molecule has 9 nitrogen and oxygen atoms in total. The number of aryl methyl sites for hydroxylation is 2. The summed E-state index contributed by atoms with van der Waals surface area (Å²) in [6.45, 7) is 6.11. The van der Waals surface area contributed by atoms with Crippen LogP contribution in [-0.4, -0.2) is 64.8 Å². The Morgan fingerprint density at radius 1 is 1.18 bits per heavy atom. The van der Waals surface area contributed by atoms with Gasteiger partial charge in [-0.25, -0.2) is 13.4 Å². The maximum atomic E-state index is 12.8. The van der Waals surface area contributed by atoms with Crippen molar-refractivity contribution in [1.29, 1.82) is 0 Å². The van der Waals surface area contributed by atoms with Crippen LogP contribution in [0.4, 0.5) is 0 Å². The summed E-state index contributed by atoms with van der Waals surface area (Å²) in [5.41, 5.74) is 1.00. The van der Waals surface area contributed by atoms with E-state index in [9.17, 15) is 18.0 Å². The van der Waals surface area contributed by atoms with Crippen molar-refractivity contribution >= 4 is 21.9 Å². The highest BCUT2D eigenvalue weighted by atomic mass is 32.2. The van der Waals surface area contributed by atoms with Crippen LogP contribution in [0.15, 0.2) is 41.6 Å². The predicted molar refractivity (Wildman–Crippen MR) is 123 cm³/mol. The Morgan fingerprint density at radius 2 is 1.82 bits per heavy atom. The molecule has 1 aliphatic rings. The normalized spacial score (nSPS) is 15.5. The van der Waals surface area contributed by atoms with Crippen LogP contribution < -0.4 is 0 Å². The maximum absolute atomic E-state index is 12.8. The first kappa shape index (κ1) is 24.9. The van der Waals surface area contributed by atoms with Gasteiger partial charge >= 0.3 is 5.97 Å². The lowest BCUT2D eigenvalue weighted by atomic mass is 9.98. The molecule has 1 aromatic carbocycles. The Balaban J connectivity index is 1.51. The highest BCUT2D eigenvalue weighted by Gasteiger charge is 2.34. The van der Waals surface area contributed by atoms with Crippen LogP contribution in [0.3, 0.4) is 0 Å². The van der Waals surface area contributed by atoms with Gasteiger partial charge in [-0.1, -0.05) is 30.3 Å². The van der Waals surface area contributed by atoms with Crippen molar-refractivity contribution in [3.8, 4) is 0 Å². The summed E-state index contributed by atoms with van der Waals surface area (Å²) in [5.74, 6) is -0.541. The molecule has 1 fully saturated rings. The standard InChI is InChI=1S/C23H32N4O5S/c1-17(2)27(14-19-8-6-5-7-9-19)22(28)16-32-23(29)20-10-12-26(13-11-20)33(30,31)21-15-25(4)18(3)24-21/h5-9,15,17,20H,10-14,16H2,1-4H3. The first-order valence-corrected chi connectivity index (χ1v) is 12.5. The Bertz CT molecular complexity index is 1050. The highest BCUT2D eigenvalue weighted by Crippen LogP contribution is 2.24. The van der Waals surface area contributed by atoms with E-state index in [4.69, 9.17) is 4.74 Å². The van der Waals surface area contributed by atoms with Gasteiger partial charge in [0.05, 0.1) is 5.92 Å². The first-order valence-electron chi connectivity index (χ1n) is 11.1. The molecule has 0 spiro atoms. The molecule has 180 valence electrons. The van der Waals surface area contributed by atoms with Gasteiger partial charge in [-0.3, -0.25) is 9.59 Å². The smallest absolute Gasteiger partial charge is 0.309 e. The van der Waals surface area contributed by atoms with Crippen LogP contribution in [0.2, 0.25) is 0 Å². The molecule has 10 heteroatoms. The van der Waals surface area contributed by atoms with E-state index in [0.717, 1.165) is 5.56 Å². The summed E-state index contributed by atoms with van der Waals surface area (Å²) in [5, 5.41) is 0.0151. The fraction of sp³-hybridized carbons (Fsp3) is 0.522. The van der Waals surface area contributed by atoms with Crippen LogP contribution in [-0.2, 0) is 37.9 Å². The third-order valence-corrected chi connectivity index (χ3v) is 7.73. The molecular formula is C23H32N4O5S. The van der Waals surface area contributed by atoms with Gasteiger partial charge in [-0.05, 0) is 39.2 Å². The van der Waals surface area contributed by atoms with Crippen molar-refractivity contribution in [1.82, 2.24) is 18.8 Å². The molecule has 0 saturated carbocycles. The van der Waals surface area contributed by atoms with Gasteiger partial charge in [0.2, 0.25) is 0 Å². The highest BCUT2D eigenvalue weighted by molar-refractivity contribution is 7.89. The number of hydrogen-bond donors (Lipinski definition) is 0. The third-order valence-electron chi connectivity index (χ3n) is 5.96. The zero-order valence-corrected chi connectivity index (χ0v) is 20.4. The van der Waals surface area contributed by atoms with E-state index >= 15 is 0 Å². The van der Waals surface area contributed by atoms with Crippen LogP contribution in [0, 0.1) is 12.8 Å². The number of piperidine rings is 1. The lowest BCUT2D eigenvalue weighted by Gasteiger charge is -2.30. The summed E-state index contributed by atoms with van der Waals surface area (Å²) in [6.07, 6.45) is 2.18. The van der Waals surface area contributed by atoms with Crippen LogP contribution in [0.1, 0.15) is 38.1 Å². The molecule has 33 heavy (non-hydrogen) atoms. The van der Waals surface area contributed by atoms with Gasteiger partial charge in [0, 0.05) is 38.9 Å². The van der Waals surface area contributed by atoms with E-state index in [2.05, 4.69) is 4.98 Å². The average molecular weight is 477 g/mol. The number of nitrogens with zero attached hydrogens (tertiary/aromatic N) is 4. The quantitative estimate of drug-likeness (QED) is 0.541. The number of ether oxygens (including phenoxy) is 1. The molecule has 2 heterocycles. The summed E-state index contributed by atoms with van der Waals surface area (Å²) >= 11 is 0. The minimum Gasteiger partial charge on any atom is -0.455 e. The molecule has 1 saturated heterocycles. The molecule has 0 bridgehead atoms. The first-order chi connectivity index (χ1) is 15.6. The molecule has 0 unspecified atom stereocenters. The van der Waals surface area contributed by atoms with Crippen molar-refractivity contribution in [3.05, 3.63) is 47.9 Å². The van der Waals surface area contributed by atoms with E-state index in [-0.39, 0.29) is 36.7 Å². The lowest BCUT2D eigenvalue weighted by molar-refractivity contribution is -0.157. The van der Waals surface area contributed by atoms with Crippen LogP contribution in [0.25, 0.3) is 0 Å². The molecule has 0 aliphatic carbocycles. The Kier molecular flexibility index (Phi) is 7.91. The number of carbonyl (C=O) groups excluding carboxylic acids is 2. The number of hydrogen-bond acceptors (Lipinski definition) is 6. The Morgan fingerprint density at radius 3 is 2.36 bits per heavy atom. The Labute approximate surface area is 195 Å². The minimum absolute atomic E-state index is 0.0151. The summed E-state index contributed by atoms with van der Waals surface area (Å²) < 4.78 is 34.0. The second-order valence-corrected chi connectivity index (χ2v) is 10.5. The number of sulfonamides is 1. The van der Waals surface area contributed by atoms with Gasteiger partial charge < -0.3 is 14.2 Å². The molecule has 1 aliphatic heterocycles. The zero-order chi connectivity index (χ0) is 24.2. The largest absolute Gasteiger partial charge is 0.455 e. The number of amides is 1. The molecule has 2 aromatic rings. The van der Waals surface area contributed by atoms with E-state index in [0.29, 0.717) is 25.2 Å². The van der Waals surface area contributed by atoms with Crippen molar-refractivity contribution in [2.24, 2.45) is 13.0 Å². The van der Waals surface area contributed by atoms with Gasteiger partial charge in [-0.2, -0.15) is 4.31 Å². The number of imidazole rings is 1.